The predicted molar refractivity (Wildman–Crippen MR) is 110 cm³/mol. The van der Waals surface area contributed by atoms with Gasteiger partial charge in [0.25, 0.3) is 16.0 Å². The first-order valence-electron chi connectivity index (χ1n) is 7.77. The Morgan fingerprint density at radius 3 is 2.29 bits per heavy atom. The Morgan fingerprint density at radius 1 is 1.11 bits per heavy atom. The van der Waals surface area contributed by atoms with Crippen molar-refractivity contribution < 1.29 is 17.8 Å². The SMILES string of the molecule is CS(=O)(=O)O.NC(N)=NC(=O)c1cc(-c2ccccc2)nc2cccc(Cl)c12. The van der Waals surface area contributed by atoms with Gasteiger partial charge < -0.3 is 11.5 Å². The van der Waals surface area contributed by atoms with Crippen LogP contribution in [0.1, 0.15) is 10.4 Å². The lowest BCUT2D eigenvalue weighted by Gasteiger charge is -2.09. The van der Waals surface area contributed by atoms with E-state index in [1.54, 1.807) is 24.3 Å². The summed E-state index contributed by atoms with van der Waals surface area (Å²) < 4.78 is 25.9. The minimum atomic E-state index is -3.67. The van der Waals surface area contributed by atoms with Gasteiger partial charge in [0.15, 0.2) is 5.96 Å². The molecule has 0 saturated carbocycles. The zero-order valence-corrected chi connectivity index (χ0v) is 16.3. The number of carbonyl (C=O) groups excluding carboxylic acids is 1. The summed E-state index contributed by atoms with van der Waals surface area (Å²) in [6, 6.07) is 16.4. The lowest BCUT2D eigenvalue weighted by atomic mass is 10.0. The summed E-state index contributed by atoms with van der Waals surface area (Å²) in [5, 5.41) is 0.951. The Bertz CT molecular complexity index is 1140. The van der Waals surface area contributed by atoms with Crippen LogP contribution in [0.15, 0.2) is 59.6 Å². The average molecular weight is 421 g/mol. The minimum absolute atomic E-state index is 0.298. The summed E-state index contributed by atoms with van der Waals surface area (Å²) in [5.41, 5.74) is 13.1. The molecule has 1 heterocycles. The number of halogens is 1. The number of fused-ring (bicyclic) bond motifs is 1. The number of carbonyl (C=O) groups is 1. The molecule has 1 amide bonds. The molecule has 0 aliphatic carbocycles. The fourth-order valence-corrected chi connectivity index (χ4v) is 2.62. The number of guanidine groups is 1. The molecule has 0 aliphatic rings. The van der Waals surface area contributed by atoms with Gasteiger partial charge in [-0.25, -0.2) is 4.98 Å². The van der Waals surface area contributed by atoms with E-state index in [-0.39, 0.29) is 5.96 Å². The number of nitrogens with zero attached hydrogens (tertiary/aromatic N) is 2. The summed E-state index contributed by atoms with van der Waals surface area (Å²) in [5.74, 6) is -0.851. The molecular weight excluding hydrogens is 404 g/mol. The molecule has 10 heteroatoms. The molecule has 0 aliphatic heterocycles. The lowest BCUT2D eigenvalue weighted by Crippen LogP contribution is -2.24. The fourth-order valence-electron chi connectivity index (χ4n) is 2.35. The fraction of sp³-hybridized carbons (Fsp3) is 0.0556. The second kappa shape index (κ2) is 8.79. The van der Waals surface area contributed by atoms with Crippen LogP contribution in [0, 0.1) is 0 Å². The molecule has 3 aromatic rings. The standard InChI is InChI=1S/C17H13ClN4O.CH4O3S/c18-12-7-4-8-13-15(12)11(16(23)22-17(19)20)9-14(21-13)10-5-2-1-3-6-10;1-5(2,3)4/h1-9H,(H4,19,20,22,23);1H3,(H,2,3,4). The molecular formula is C18H17ClN4O4S. The topological polar surface area (TPSA) is 149 Å². The van der Waals surface area contributed by atoms with Gasteiger partial charge in [0, 0.05) is 10.9 Å². The van der Waals surface area contributed by atoms with Crippen molar-refractivity contribution in [1.82, 2.24) is 4.98 Å². The number of benzene rings is 2. The van der Waals surface area contributed by atoms with Gasteiger partial charge in [0.2, 0.25) is 0 Å². The van der Waals surface area contributed by atoms with Crippen LogP contribution in [0.5, 0.6) is 0 Å². The van der Waals surface area contributed by atoms with Crippen LogP contribution < -0.4 is 11.5 Å². The molecule has 0 unspecified atom stereocenters. The van der Waals surface area contributed by atoms with Crippen LogP contribution in [0.2, 0.25) is 5.02 Å². The van der Waals surface area contributed by atoms with Gasteiger partial charge in [0.05, 0.1) is 28.1 Å². The highest BCUT2D eigenvalue weighted by atomic mass is 35.5. The molecule has 0 radical (unpaired) electrons. The minimum Gasteiger partial charge on any atom is -0.370 e. The van der Waals surface area contributed by atoms with Crippen LogP contribution >= 0.6 is 11.6 Å². The molecule has 2 aromatic carbocycles. The summed E-state index contributed by atoms with van der Waals surface area (Å²) in [6.45, 7) is 0. The molecule has 0 atom stereocenters. The third kappa shape index (κ3) is 6.02. The number of aromatic nitrogens is 1. The van der Waals surface area contributed by atoms with Gasteiger partial charge in [0.1, 0.15) is 0 Å². The normalized spacial score (nSPS) is 10.7. The Balaban J connectivity index is 0.000000500. The average Bonchev–Trinajstić information content (AvgIpc) is 2.60. The molecule has 0 saturated heterocycles. The quantitative estimate of drug-likeness (QED) is 0.327. The van der Waals surface area contributed by atoms with E-state index in [9.17, 15) is 13.2 Å². The van der Waals surface area contributed by atoms with Crippen LogP contribution in [0.3, 0.4) is 0 Å². The van der Waals surface area contributed by atoms with E-state index in [0.29, 0.717) is 33.4 Å². The van der Waals surface area contributed by atoms with Crippen molar-refractivity contribution in [3.63, 3.8) is 0 Å². The zero-order valence-electron chi connectivity index (χ0n) is 14.7. The zero-order chi connectivity index (χ0) is 20.9. The van der Waals surface area contributed by atoms with E-state index in [4.69, 9.17) is 27.6 Å². The highest BCUT2D eigenvalue weighted by molar-refractivity contribution is 7.85. The number of rotatable bonds is 2. The summed E-state index contributed by atoms with van der Waals surface area (Å²) in [7, 11) is -3.67. The van der Waals surface area contributed by atoms with Gasteiger partial charge in [-0.3, -0.25) is 9.35 Å². The first kappa shape index (κ1) is 21.3. The van der Waals surface area contributed by atoms with Gasteiger partial charge in [-0.2, -0.15) is 13.4 Å². The number of amides is 1. The second-order valence-corrected chi connectivity index (χ2v) is 7.50. The molecule has 3 rings (SSSR count). The molecule has 146 valence electrons. The van der Waals surface area contributed by atoms with E-state index < -0.39 is 16.0 Å². The number of hydrogen-bond acceptors (Lipinski definition) is 4. The van der Waals surface area contributed by atoms with Gasteiger partial charge in [-0.15, -0.1) is 0 Å². The van der Waals surface area contributed by atoms with Crippen LogP contribution in [0.4, 0.5) is 0 Å². The highest BCUT2D eigenvalue weighted by Gasteiger charge is 2.16. The summed E-state index contributed by atoms with van der Waals surface area (Å²) in [6.07, 6.45) is 0.715. The van der Waals surface area contributed by atoms with Crippen molar-refractivity contribution in [2.75, 3.05) is 6.26 Å². The van der Waals surface area contributed by atoms with Gasteiger partial charge in [-0.05, 0) is 18.2 Å². The van der Waals surface area contributed by atoms with Crippen LogP contribution in [0.25, 0.3) is 22.2 Å². The van der Waals surface area contributed by atoms with Gasteiger partial charge in [-0.1, -0.05) is 48.0 Å². The first-order chi connectivity index (χ1) is 13.1. The van der Waals surface area contributed by atoms with E-state index in [0.717, 1.165) is 5.56 Å². The molecule has 0 fully saturated rings. The van der Waals surface area contributed by atoms with Crippen LogP contribution in [-0.2, 0) is 10.1 Å². The monoisotopic (exact) mass is 420 g/mol. The van der Waals surface area contributed by atoms with Crippen molar-refractivity contribution in [2.24, 2.45) is 16.5 Å². The Morgan fingerprint density at radius 2 is 1.71 bits per heavy atom. The molecule has 0 spiro atoms. The predicted octanol–water partition coefficient (Wildman–Crippen LogP) is 2.47. The Labute approximate surface area is 166 Å². The van der Waals surface area contributed by atoms with Crippen LogP contribution in [-0.4, -0.2) is 36.1 Å². The van der Waals surface area contributed by atoms with Crippen molar-refractivity contribution in [3.8, 4) is 11.3 Å². The lowest BCUT2D eigenvalue weighted by molar-refractivity contribution is 0.100. The van der Waals surface area contributed by atoms with E-state index in [1.807, 2.05) is 30.3 Å². The number of hydrogen-bond donors (Lipinski definition) is 3. The maximum Gasteiger partial charge on any atom is 0.280 e. The second-order valence-electron chi connectivity index (χ2n) is 5.63. The molecule has 28 heavy (non-hydrogen) atoms. The summed E-state index contributed by atoms with van der Waals surface area (Å²) in [4.78, 5) is 20.6. The molecule has 5 N–H and O–H groups in total. The first-order valence-corrected chi connectivity index (χ1v) is 10.00. The maximum atomic E-state index is 12.4. The van der Waals surface area contributed by atoms with E-state index in [1.165, 1.54) is 0 Å². The number of pyridine rings is 1. The van der Waals surface area contributed by atoms with Crippen molar-refractivity contribution in [1.29, 1.82) is 0 Å². The highest BCUT2D eigenvalue weighted by Crippen LogP contribution is 2.30. The van der Waals surface area contributed by atoms with Crippen molar-refractivity contribution >= 4 is 44.5 Å². The van der Waals surface area contributed by atoms with Crippen molar-refractivity contribution in [3.05, 3.63) is 65.2 Å². The number of nitrogens with two attached hydrogens (primary N) is 2. The smallest absolute Gasteiger partial charge is 0.280 e. The third-order valence-electron chi connectivity index (χ3n) is 3.31. The van der Waals surface area contributed by atoms with Crippen molar-refractivity contribution in [2.45, 2.75) is 0 Å². The van der Waals surface area contributed by atoms with E-state index in [2.05, 4.69) is 9.98 Å². The summed E-state index contributed by atoms with van der Waals surface area (Å²) >= 11 is 6.24. The number of aliphatic imine (C=N–C) groups is 1. The third-order valence-corrected chi connectivity index (χ3v) is 3.63. The van der Waals surface area contributed by atoms with Gasteiger partial charge >= 0.3 is 0 Å². The molecule has 1 aromatic heterocycles. The van der Waals surface area contributed by atoms with E-state index >= 15 is 0 Å². The molecule has 8 nitrogen and oxygen atoms in total. The molecule has 0 bridgehead atoms. The largest absolute Gasteiger partial charge is 0.370 e. The Kier molecular flexibility index (Phi) is 6.68. The Hall–Kier alpha value is -3.01. The maximum absolute atomic E-state index is 12.4.